The fourth-order valence-corrected chi connectivity index (χ4v) is 3.07. The van der Waals surface area contributed by atoms with Crippen LogP contribution in [0.4, 0.5) is 30.6 Å². The number of benzene rings is 2. The molecule has 1 amide bonds. The minimum Gasteiger partial charge on any atom is -0.497 e. The maximum absolute atomic E-state index is 12.6. The number of nitrogens with one attached hydrogen (secondary N) is 2. The number of likely N-dealkylation sites (N-methyl/N-ethyl adjacent to an activating group) is 1. The first-order chi connectivity index (χ1) is 15.7. The summed E-state index contributed by atoms with van der Waals surface area (Å²) in [6, 6.07) is 14.1. The Morgan fingerprint density at radius 3 is 2.58 bits per heavy atom. The van der Waals surface area contributed by atoms with E-state index in [-0.39, 0.29) is 11.9 Å². The maximum atomic E-state index is 12.6. The van der Waals surface area contributed by atoms with E-state index in [1.807, 2.05) is 36.2 Å². The Morgan fingerprint density at radius 1 is 1.21 bits per heavy atom. The molecule has 7 nitrogen and oxygen atoms in total. The molecule has 2 N–H and O–H groups in total. The zero-order valence-corrected chi connectivity index (χ0v) is 18.4. The van der Waals surface area contributed by atoms with Crippen LogP contribution >= 0.6 is 0 Å². The number of halogens is 3. The molecular weight excluding hydrogens is 437 g/mol. The largest absolute Gasteiger partial charge is 0.497 e. The number of ether oxygens (including phenoxy) is 1. The number of rotatable bonds is 9. The number of carbonyl (C=O) groups is 1. The molecule has 0 saturated carbocycles. The lowest BCUT2D eigenvalue weighted by molar-refractivity contribution is -0.141. The van der Waals surface area contributed by atoms with Crippen molar-refractivity contribution in [3.05, 3.63) is 66.1 Å². The average Bonchev–Trinajstić information content (AvgIpc) is 3.28. The van der Waals surface area contributed by atoms with Crippen molar-refractivity contribution >= 4 is 23.3 Å². The number of aromatic nitrogens is 1. The molecule has 0 spiro atoms. The van der Waals surface area contributed by atoms with Crippen LogP contribution in [-0.4, -0.2) is 38.1 Å². The zero-order valence-electron chi connectivity index (χ0n) is 18.4. The third-order valence-electron chi connectivity index (χ3n) is 5.09. The van der Waals surface area contributed by atoms with Gasteiger partial charge in [-0.3, -0.25) is 4.79 Å². The molecule has 33 heavy (non-hydrogen) atoms. The second-order valence-electron chi connectivity index (χ2n) is 7.42. The number of hydrogen-bond donors (Lipinski definition) is 2. The minimum atomic E-state index is -4.57. The van der Waals surface area contributed by atoms with E-state index in [4.69, 9.17) is 9.15 Å². The summed E-state index contributed by atoms with van der Waals surface area (Å²) in [5, 5.41) is 5.59. The van der Waals surface area contributed by atoms with Crippen LogP contribution in [0.15, 0.2) is 59.2 Å². The first kappa shape index (κ1) is 24.0. The number of amides is 1. The summed E-state index contributed by atoms with van der Waals surface area (Å²) in [6.07, 6.45) is -4.02. The topological polar surface area (TPSA) is 79.6 Å². The normalized spacial score (nSPS) is 12.2. The standard InChI is InChI=1S/C23H25F3N4O3/c1-15(21(31)27-11-12-30(2)18-5-4-6-19(13-18)32-3)16-7-9-17(10-8-16)28-22-29-20(14-33-22)23(24,25)26/h4-10,13-15H,11-12H2,1-3H3,(H,27,31)(H,28,29). The van der Waals surface area contributed by atoms with Crippen molar-refractivity contribution in [3.63, 3.8) is 0 Å². The molecular formula is C23H25F3N4O3. The summed E-state index contributed by atoms with van der Waals surface area (Å²) in [6.45, 7) is 2.86. The Kier molecular flexibility index (Phi) is 7.47. The predicted molar refractivity (Wildman–Crippen MR) is 119 cm³/mol. The van der Waals surface area contributed by atoms with Crippen LogP contribution in [0, 0.1) is 0 Å². The predicted octanol–water partition coefficient (Wildman–Crippen LogP) is 4.80. The molecule has 0 aliphatic carbocycles. The first-order valence-electron chi connectivity index (χ1n) is 10.2. The van der Waals surface area contributed by atoms with Gasteiger partial charge in [-0.05, 0) is 36.8 Å². The maximum Gasteiger partial charge on any atom is 0.436 e. The summed E-state index contributed by atoms with van der Waals surface area (Å²) < 4.78 is 47.9. The highest BCUT2D eigenvalue weighted by atomic mass is 19.4. The van der Waals surface area contributed by atoms with Crippen LogP contribution < -0.4 is 20.3 Å². The van der Waals surface area contributed by atoms with Gasteiger partial charge in [0.25, 0.3) is 6.01 Å². The summed E-state index contributed by atoms with van der Waals surface area (Å²) in [5.74, 6) is 0.232. The van der Waals surface area contributed by atoms with E-state index in [0.29, 0.717) is 25.0 Å². The lowest BCUT2D eigenvalue weighted by Crippen LogP contribution is -2.35. The van der Waals surface area contributed by atoms with Crippen LogP contribution in [0.3, 0.4) is 0 Å². The molecule has 3 rings (SSSR count). The molecule has 0 aliphatic heterocycles. The number of oxazole rings is 1. The van der Waals surface area contributed by atoms with Crippen LogP contribution in [-0.2, 0) is 11.0 Å². The van der Waals surface area contributed by atoms with Crippen LogP contribution in [0.5, 0.6) is 5.75 Å². The summed E-state index contributed by atoms with van der Waals surface area (Å²) in [5.41, 5.74) is 1.13. The van der Waals surface area contributed by atoms with Gasteiger partial charge in [-0.15, -0.1) is 0 Å². The molecule has 0 saturated heterocycles. The van der Waals surface area contributed by atoms with Gasteiger partial charge in [0.2, 0.25) is 5.91 Å². The zero-order chi connectivity index (χ0) is 24.0. The first-order valence-corrected chi connectivity index (χ1v) is 10.2. The molecule has 0 radical (unpaired) electrons. The van der Waals surface area contributed by atoms with Gasteiger partial charge >= 0.3 is 6.18 Å². The molecule has 0 aliphatic rings. The Bertz CT molecular complexity index is 1070. The number of alkyl halides is 3. The third-order valence-corrected chi connectivity index (χ3v) is 5.09. The van der Waals surface area contributed by atoms with Crippen molar-refractivity contribution in [1.29, 1.82) is 0 Å². The molecule has 176 valence electrons. The van der Waals surface area contributed by atoms with Crippen LogP contribution in [0.25, 0.3) is 0 Å². The minimum absolute atomic E-state index is 0.128. The fraction of sp³-hybridized carbons (Fsp3) is 0.304. The SMILES string of the molecule is COc1cccc(N(C)CCNC(=O)C(C)c2ccc(Nc3nc(C(F)(F)F)co3)cc2)c1. The van der Waals surface area contributed by atoms with Crippen LogP contribution in [0.1, 0.15) is 24.1 Å². The van der Waals surface area contributed by atoms with E-state index < -0.39 is 17.8 Å². The van der Waals surface area contributed by atoms with Crippen molar-refractivity contribution in [1.82, 2.24) is 10.3 Å². The highest BCUT2D eigenvalue weighted by Crippen LogP contribution is 2.30. The second kappa shape index (κ2) is 10.3. The van der Waals surface area contributed by atoms with E-state index in [0.717, 1.165) is 17.0 Å². The monoisotopic (exact) mass is 462 g/mol. The van der Waals surface area contributed by atoms with Crippen molar-refractivity contribution in [2.24, 2.45) is 0 Å². The lowest BCUT2D eigenvalue weighted by Gasteiger charge is -2.21. The molecule has 0 bridgehead atoms. The van der Waals surface area contributed by atoms with Gasteiger partial charge in [0.05, 0.1) is 13.0 Å². The van der Waals surface area contributed by atoms with Gasteiger partial charge in [-0.2, -0.15) is 18.2 Å². The van der Waals surface area contributed by atoms with E-state index in [1.165, 1.54) is 0 Å². The van der Waals surface area contributed by atoms with Gasteiger partial charge in [-0.1, -0.05) is 18.2 Å². The summed E-state index contributed by atoms with van der Waals surface area (Å²) in [7, 11) is 3.54. The Labute approximate surface area is 189 Å². The number of hydrogen-bond acceptors (Lipinski definition) is 6. The van der Waals surface area contributed by atoms with E-state index in [1.54, 1.807) is 38.3 Å². The second-order valence-corrected chi connectivity index (χ2v) is 7.42. The van der Waals surface area contributed by atoms with Crippen molar-refractivity contribution < 1.29 is 27.1 Å². The van der Waals surface area contributed by atoms with E-state index >= 15 is 0 Å². The molecule has 3 aromatic rings. The quantitative estimate of drug-likeness (QED) is 0.476. The third kappa shape index (κ3) is 6.41. The van der Waals surface area contributed by atoms with Crippen molar-refractivity contribution in [2.75, 3.05) is 37.5 Å². The molecule has 1 atom stereocenters. The Morgan fingerprint density at radius 2 is 1.94 bits per heavy atom. The molecule has 0 fully saturated rings. The lowest BCUT2D eigenvalue weighted by atomic mass is 10.00. The fourth-order valence-electron chi connectivity index (χ4n) is 3.07. The molecule has 10 heteroatoms. The van der Waals surface area contributed by atoms with Crippen molar-refractivity contribution in [3.8, 4) is 5.75 Å². The van der Waals surface area contributed by atoms with E-state index in [9.17, 15) is 18.0 Å². The van der Waals surface area contributed by atoms with E-state index in [2.05, 4.69) is 15.6 Å². The molecule has 1 aromatic heterocycles. The molecule has 1 unspecified atom stereocenters. The smallest absolute Gasteiger partial charge is 0.436 e. The number of carbonyl (C=O) groups excluding carboxylic acids is 1. The highest BCUT2D eigenvalue weighted by Gasteiger charge is 2.34. The van der Waals surface area contributed by atoms with Gasteiger partial charge in [-0.25, -0.2) is 0 Å². The summed E-state index contributed by atoms with van der Waals surface area (Å²) in [4.78, 5) is 17.9. The number of methoxy groups -OCH3 is 1. The van der Waals surface area contributed by atoms with Gasteiger partial charge in [0.15, 0.2) is 5.69 Å². The van der Waals surface area contributed by atoms with Gasteiger partial charge in [0.1, 0.15) is 12.0 Å². The van der Waals surface area contributed by atoms with Crippen molar-refractivity contribution in [2.45, 2.75) is 19.0 Å². The number of anilines is 3. The Balaban J connectivity index is 1.50. The van der Waals surface area contributed by atoms with Gasteiger partial charge in [0, 0.05) is 37.6 Å². The highest BCUT2D eigenvalue weighted by molar-refractivity contribution is 5.83. The van der Waals surface area contributed by atoms with Gasteiger partial charge < -0.3 is 24.7 Å². The average molecular weight is 462 g/mol. The Hall–Kier alpha value is -3.69. The summed E-state index contributed by atoms with van der Waals surface area (Å²) >= 11 is 0. The van der Waals surface area contributed by atoms with Crippen LogP contribution in [0.2, 0.25) is 0 Å². The molecule has 1 heterocycles. The number of nitrogens with zero attached hydrogens (tertiary/aromatic N) is 2. The molecule has 2 aromatic carbocycles.